The lowest BCUT2D eigenvalue weighted by atomic mass is 10.0. The van der Waals surface area contributed by atoms with Crippen molar-refractivity contribution in [2.45, 2.75) is 26.8 Å². The molecule has 0 aliphatic carbocycles. The van der Waals surface area contributed by atoms with E-state index in [0.29, 0.717) is 6.04 Å². The summed E-state index contributed by atoms with van der Waals surface area (Å²) in [4.78, 5) is 0. The first-order chi connectivity index (χ1) is 7.58. The van der Waals surface area contributed by atoms with E-state index in [0.717, 1.165) is 16.7 Å². The van der Waals surface area contributed by atoms with Crippen LogP contribution in [0.4, 0.5) is 0 Å². The van der Waals surface area contributed by atoms with Gasteiger partial charge >= 0.3 is 0 Å². The van der Waals surface area contributed by atoms with E-state index in [1.807, 2.05) is 30.1 Å². The lowest BCUT2D eigenvalue weighted by molar-refractivity contribution is 0.475. The number of hydrogen-bond acceptors (Lipinski definition) is 2. The van der Waals surface area contributed by atoms with Crippen LogP contribution in [-0.4, -0.2) is 14.9 Å². The van der Waals surface area contributed by atoms with Crippen molar-refractivity contribution in [1.29, 1.82) is 0 Å². The van der Waals surface area contributed by atoms with Gasteiger partial charge in [-0.15, -0.1) is 0 Å². The van der Waals surface area contributed by atoms with E-state index in [9.17, 15) is 5.11 Å². The molecule has 1 heterocycles. The summed E-state index contributed by atoms with van der Waals surface area (Å²) >= 11 is 0. The van der Waals surface area contributed by atoms with E-state index >= 15 is 0 Å². The lowest BCUT2D eigenvalue weighted by Gasteiger charge is -2.05. The van der Waals surface area contributed by atoms with Gasteiger partial charge in [0, 0.05) is 17.8 Å². The third-order valence-corrected chi connectivity index (χ3v) is 2.66. The van der Waals surface area contributed by atoms with Gasteiger partial charge in [0.2, 0.25) is 0 Å². The Morgan fingerprint density at radius 2 is 2.06 bits per heavy atom. The maximum Gasteiger partial charge on any atom is 0.116 e. The number of aromatic nitrogens is 2. The largest absolute Gasteiger partial charge is 0.508 e. The van der Waals surface area contributed by atoms with E-state index in [1.165, 1.54) is 0 Å². The van der Waals surface area contributed by atoms with Crippen LogP contribution >= 0.6 is 0 Å². The predicted molar refractivity (Wildman–Crippen MR) is 64.4 cm³/mol. The molecule has 3 nitrogen and oxygen atoms in total. The van der Waals surface area contributed by atoms with Crippen molar-refractivity contribution < 1.29 is 5.11 Å². The van der Waals surface area contributed by atoms with E-state index in [1.54, 1.807) is 12.1 Å². The average molecular weight is 216 g/mol. The molecule has 0 bridgehead atoms. The minimum atomic E-state index is 0.290. The second-order valence-corrected chi connectivity index (χ2v) is 4.30. The number of benzene rings is 1. The molecule has 1 N–H and O–H groups in total. The Hall–Kier alpha value is -1.77. The van der Waals surface area contributed by atoms with E-state index in [-0.39, 0.29) is 5.75 Å². The summed E-state index contributed by atoms with van der Waals surface area (Å²) in [6.45, 7) is 6.21. The summed E-state index contributed by atoms with van der Waals surface area (Å²) in [6, 6.07) is 5.74. The van der Waals surface area contributed by atoms with Crippen LogP contribution in [0, 0.1) is 6.92 Å². The fraction of sp³-hybridized carbons (Fsp3) is 0.308. The molecule has 0 unspecified atom stereocenters. The fourth-order valence-electron chi connectivity index (χ4n) is 1.68. The third kappa shape index (κ3) is 1.94. The number of hydrogen-bond donors (Lipinski definition) is 1. The highest BCUT2D eigenvalue weighted by molar-refractivity contribution is 5.67. The highest BCUT2D eigenvalue weighted by Gasteiger charge is 2.07. The predicted octanol–water partition coefficient (Wildman–Crippen LogP) is 3.15. The van der Waals surface area contributed by atoms with Crippen LogP contribution in [0.15, 0.2) is 30.6 Å². The lowest BCUT2D eigenvalue weighted by Crippen LogP contribution is -1.99. The Balaban J connectivity index is 2.46. The van der Waals surface area contributed by atoms with Crippen LogP contribution in [-0.2, 0) is 0 Å². The molecule has 1 aromatic heterocycles. The molecule has 0 radical (unpaired) electrons. The summed E-state index contributed by atoms with van der Waals surface area (Å²) < 4.78 is 1.92. The van der Waals surface area contributed by atoms with Crippen LogP contribution in [0.1, 0.15) is 25.5 Å². The molecule has 0 saturated heterocycles. The fourth-order valence-corrected chi connectivity index (χ4v) is 1.68. The molecule has 1 aromatic carbocycles. The van der Waals surface area contributed by atoms with Crippen LogP contribution in [0.2, 0.25) is 0 Å². The molecule has 0 amide bonds. The van der Waals surface area contributed by atoms with Gasteiger partial charge < -0.3 is 5.11 Å². The van der Waals surface area contributed by atoms with Crippen LogP contribution in [0.25, 0.3) is 11.1 Å². The van der Waals surface area contributed by atoms with Crippen LogP contribution in [0.3, 0.4) is 0 Å². The zero-order chi connectivity index (χ0) is 11.7. The first kappa shape index (κ1) is 10.7. The summed E-state index contributed by atoms with van der Waals surface area (Å²) in [7, 11) is 0. The minimum absolute atomic E-state index is 0.290. The smallest absolute Gasteiger partial charge is 0.116 e. The molecule has 0 saturated carbocycles. The number of rotatable bonds is 2. The van der Waals surface area contributed by atoms with Gasteiger partial charge in [0.15, 0.2) is 0 Å². The SMILES string of the molecule is Cc1ccc(O)cc1-c1cnn(C(C)C)c1. The highest BCUT2D eigenvalue weighted by atomic mass is 16.3. The van der Waals surface area contributed by atoms with Crippen molar-refractivity contribution in [3.8, 4) is 16.9 Å². The monoisotopic (exact) mass is 216 g/mol. The van der Waals surface area contributed by atoms with Gasteiger partial charge in [0.25, 0.3) is 0 Å². The first-order valence-electron chi connectivity index (χ1n) is 5.42. The molecular weight excluding hydrogens is 200 g/mol. The van der Waals surface area contributed by atoms with Crippen molar-refractivity contribution in [3.63, 3.8) is 0 Å². The number of nitrogens with zero attached hydrogens (tertiary/aromatic N) is 2. The Kier molecular flexibility index (Phi) is 2.69. The normalized spacial score (nSPS) is 11.0. The van der Waals surface area contributed by atoms with Crippen LogP contribution < -0.4 is 0 Å². The molecular formula is C13H16N2O. The van der Waals surface area contributed by atoms with Gasteiger partial charge in [0.05, 0.1) is 6.20 Å². The molecule has 0 fully saturated rings. The Labute approximate surface area is 95.3 Å². The molecule has 84 valence electrons. The van der Waals surface area contributed by atoms with Crippen molar-refractivity contribution in [2.75, 3.05) is 0 Å². The van der Waals surface area contributed by atoms with Gasteiger partial charge in [-0.25, -0.2) is 0 Å². The van der Waals surface area contributed by atoms with E-state index < -0.39 is 0 Å². The zero-order valence-corrected chi connectivity index (χ0v) is 9.81. The number of phenolic OH excluding ortho intramolecular Hbond substituents is 1. The molecule has 16 heavy (non-hydrogen) atoms. The Morgan fingerprint density at radius 1 is 1.31 bits per heavy atom. The summed E-state index contributed by atoms with van der Waals surface area (Å²) in [5.41, 5.74) is 3.22. The second-order valence-electron chi connectivity index (χ2n) is 4.30. The standard InChI is InChI=1S/C13H16N2O/c1-9(2)15-8-11(7-14-15)13-6-12(16)5-4-10(13)3/h4-9,16H,1-3H3. The summed E-state index contributed by atoms with van der Waals surface area (Å²) in [5.74, 6) is 0.290. The Bertz CT molecular complexity index is 500. The molecule has 0 spiro atoms. The zero-order valence-electron chi connectivity index (χ0n) is 9.81. The van der Waals surface area contributed by atoms with Crippen molar-refractivity contribution in [3.05, 3.63) is 36.2 Å². The summed E-state index contributed by atoms with van der Waals surface area (Å²) in [6.07, 6.45) is 3.84. The molecule has 0 atom stereocenters. The number of phenols is 1. The molecule has 2 rings (SSSR count). The van der Waals surface area contributed by atoms with Gasteiger partial charge in [-0.3, -0.25) is 4.68 Å². The topological polar surface area (TPSA) is 38.1 Å². The van der Waals surface area contributed by atoms with Crippen molar-refractivity contribution >= 4 is 0 Å². The second kappa shape index (κ2) is 4.00. The van der Waals surface area contributed by atoms with Gasteiger partial charge in [-0.05, 0) is 44.0 Å². The van der Waals surface area contributed by atoms with Crippen LogP contribution in [0.5, 0.6) is 5.75 Å². The first-order valence-corrected chi connectivity index (χ1v) is 5.42. The quantitative estimate of drug-likeness (QED) is 0.837. The Morgan fingerprint density at radius 3 is 2.69 bits per heavy atom. The third-order valence-electron chi connectivity index (χ3n) is 2.66. The van der Waals surface area contributed by atoms with Crippen molar-refractivity contribution in [1.82, 2.24) is 9.78 Å². The maximum absolute atomic E-state index is 9.49. The molecule has 0 aliphatic heterocycles. The van der Waals surface area contributed by atoms with Crippen molar-refractivity contribution in [2.24, 2.45) is 0 Å². The molecule has 0 aliphatic rings. The average Bonchev–Trinajstić information content (AvgIpc) is 2.70. The molecule has 2 aromatic rings. The van der Waals surface area contributed by atoms with Gasteiger partial charge in [-0.2, -0.15) is 5.10 Å². The number of aryl methyl sites for hydroxylation is 1. The highest BCUT2D eigenvalue weighted by Crippen LogP contribution is 2.27. The summed E-state index contributed by atoms with van der Waals surface area (Å²) in [5, 5.41) is 13.8. The maximum atomic E-state index is 9.49. The minimum Gasteiger partial charge on any atom is -0.508 e. The van der Waals surface area contributed by atoms with Gasteiger partial charge in [0.1, 0.15) is 5.75 Å². The van der Waals surface area contributed by atoms with Gasteiger partial charge in [-0.1, -0.05) is 6.07 Å². The molecule has 3 heteroatoms. The van der Waals surface area contributed by atoms with E-state index in [4.69, 9.17) is 0 Å². The number of aromatic hydroxyl groups is 1. The van der Waals surface area contributed by atoms with E-state index in [2.05, 4.69) is 18.9 Å².